The average Bonchev–Trinajstić information content (AvgIpc) is 3.13. The van der Waals surface area contributed by atoms with Crippen LogP contribution in [0, 0.1) is 0 Å². The minimum atomic E-state index is -3.43. The molecule has 0 bridgehead atoms. The monoisotopic (exact) mass is 285 g/mol. The number of rotatable bonds is 6. The van der Waals surface area contributed by atoms with Crippen LogP contribution in [-0.4, -0.2) is 34.7 Å². The molecule has 0 radical (unpaired) electrons. The fourth-order valence-corrected chi connectivity index (χ4v) is 2.99. The normalized spacial score (nSPS) is 16.9. The number of aromatic nitrogens is 2. The number of anilines is 1. The lowest BCUT2D eigenvalue weighted by Crippen LogP contribution is -2.20. The van der Waals surface area contributed by atoms with Gasteiger partial charge in [0.15, 0.2) is 0 Å². The highest BCUT2D eigenvalue weighted by molar-refractivity contribution is 7.93. The fourth-order valence-electron chi connectivity index (χ4n) is 1.72. The van der Waals surface area contributed by atoms with Crippen LogP contribution >= 0.6 is 0 Å². The summed E-state index contributed by atoms with van der Waals surface area (Å²) in [7, 11) is -3.43. The predicted molar refractivity (Wildman–Crippen MR) is 68.3 cm³/mol. The average molecular weight is 285 g/mol. The first-order chi connectivity index (χ1) is 8.94. The molecule has 104 valence electrons. The smallest absolute Gasteiger partial charge is 0.312 e. The third kappa shape index (κ3) is 3.19. The Morgan fingerprint density at radius 1 is 1.58 bits per heavy atom. The van der Waals surface area contributed by atoms with Gasteiger partial charge in [-0.15, -0.1) is 0 Å². The summed E-state index contributed by atoms with van der Waals surface area (Å²) in [5.41, 5.74) is 0.304. The first kappa shape index (κ1) is 13.7. The number of carboxylic acids is 1. The van der Waals surface area contributed by atoms with E-state index < -0.39 is 21.9 Å². The van der Waals surface area contributed by atoms with Crippen molar-refractivity contribution in [3.63, 3.8) is 0 Å². The third-order valence-corrected chi connectivity index (χ3v) is 4.75. The summed E-state index contributed by atoms with van der Waals surface area (Å²) < 4.78 is 25.8. The Labute approximate surface area is 111 Å². The molecule has 19 heavy (non-hydrogen) atoms. The summed E-state index contributed by atoms with van der Waals surface area (Å²) >= 11 is 0. The van der Waals surface area contributed by atoms with Crippen LogP contribution in [0.5, 0.6) is 0 Å². The predicted octanol–water partition coefficient (Wildman–Crippen LogP) is 0.959. The lowest BCUT2D eigenvalue weighted by molar-refractivity contribution is -0.138. The van der Waals surface area contributed by atoms with Crippen LogP contribution in [0.4, 0.5) is 5.95 Å². The van der Waals surface area contributed by atoms with Crippen molar-refractivity contribution in [2.75, 3.05) is 4.72 Å². The minimum Gasteiger partial charge on any atom is -0.481 e. The summed E-state index contributed by atoms with van der Waals surface area (Å²) in [5, 5.41) is 8.68. The van der Waals surface area contributed by atoms with Gasteiger partial charge in [-0.25, -0.2) is 18.4 Å². The number of hydrogen-bond acceptors (Lipinski definition) is 5. The van der Waals surface area contributed by atoms with Gasteiger partial charge in [-0.05, 0) is 25.3 Å². The molecular formula is C11H15N3O4S. The van der Waals surface area contributed by atoms with Crippen molar-refractivity contribution in [2.24, 2.45) is 0 Å². The van der Waals surface area contributed by atoms with Gasteiger partial charge in [0.05, 0.1) is 16.9 Å². The van der Waals surface area contributed by atoms with Gasteiger partial charge in [-0.3, -0.25) is 9.52 Å². The van der Waals surface area contributed by atoms with E-state index in [9.17, 15) is 13.2 Å². The third-order valence-electron chi connectivity index (χ3n) is 2.94. The van der Waals surface area contributed by atoms with Crippen molar-refractivity contribution in [3.05, 3.63) is 18.0 Å². The second kappa shape index (κ2) is 5.12. The molecule has 0 aliphatic heterocycles. The fraction of sp³-hybridized carbons (Fsp3) is 0.545. The van der Waals surface area contributed by atoms with Crippen LogP contribution in [-0.2, 0) is 14.8 Å². The Morgan fingerprint density at radius 3 is 2.79 bits per heavy atom. The van der Waals surface area contributed by atoms with E-state index in [4.69, 9.17) is 5.11 Å². The van der Waals surface area contributed by atoms with Gasteiger partial charge < -0.3 is 5.11 Å². The molecule has 1 fully saturated rings. The molecule has 0 saturated heterocycles. The molecule has 2 rings (SSSR count). The number of sulfonamides is 1. The lowest BCUT2D eigenvalue weighted by atomic mass is 10.0. The van der Waals surface area contributed by atoms with E-state index in [-0.39, 0.29) is 11.2 Å². The highest BCUT2D eigenvalue weighted by Gasteiger charge is 2.36. The maximum Gasteiger partial charge on any atom is 0.312 e. The number of nitrogens with zero attached hydrogens (tertiary/aromatic N) is 2. The molecule has 7 nitrogen and oxygen atoms in total. The Kier molecular flexibility index (Phi) is 3.70. The van der Waals surface area contributed by atoms with Crippen molar-refractivity contribution in [2.45, 2.75) is 37.4 Å². The van der Waals surface area contributed by atoms with E-state index in [1.807, 2.05) is 0 Å². The molecule has 0 aromatic carbocycles. The Morgan fingerprint density at radius 2 is 2.26 bits per heavy atom. The second-order valence-corrected chi connectivity index (χ2v) is 6.41. The van der Waals surface area contributed by atoms with Gasteiger partial charge in [0.2, 0.25) is 16.0 Å². The first-order valence-corrected chi connectivity index (χ1v) is 7.56. The second-order valence-electron chi connectivity index (χ2n) is 4.45. The summed E-state index contributed by atoms with van der Waals surface area (Å²) in [5.74, 6) is -1.81. The van der Waals surface area contributed by atoms with E-state index in [2.05, 4.69) is 14.7 Å². The zero-order valence-electron chi connectivity index (χ0n) is 10.4. The highest BCUT2D eigenvalue weighted by Crippen LogP contribution is 2.29. The van der Waals surface area contributed by atoms with E-state index in [1.165, 1.54) is 12.3 Å². The first-order valence-electron chi connectivity index (χ1n) is 6.01. The van der Waals surface area contributed by atoms with Crippen molar-refractivity contribution in [3.8, 4) is 0 Å². The summed E-state index contributed by atoms with van der Waals surface area (Å²) in [6.45, 7) is 1.73. The van der Waals surface area contributed by atoms with Crippen molar-refractivity contribution in [1.29, 1.82) is 0 Å². The van der Waals surface area contributed by atoms with E-state index in [0.29, 0.717) is 25.0 Å². The number of hydrogen-bond donors (Lipinski definition) is 2. The van der Waals surface area contributed by atoms with Gasteiger partial charge in [-0.1, -0.05) is 6.92 Å². The molecule has 1 aromatic rings. The molecule has 1 aliphatic rings. The van der Waals surface area contributed by atoms with Crippen molar-refractivity contribution in [1.82, 2.24) is 9.97 Å². The lowest BCUT2D eigenvalue weighted by Gasteiger charge is -2.10. The minimum absolute atomic E-state index is 0.0656. The molecule has 1 aliphatic carbocycles. The van der Waals surface area contributed by atoms with Crippen LogP contribution in [0.25, 0.3) is 0 Å². The van der Waals surface area contributed by atoms with Crippen molar-refractivity contribution >= 4 is 21.9 Å². The molecule has 0 spiro atoms. The standard InChI is InChI=1S/C11H15N3O4S/c1-2-8(10(15)16)9-5-6-12-11(13-9)14-19(17,18)7-3-4-7/h5-8H,2-4H2,1H3,(H,15,16)(H,12,13,14). The molecule has 1 heterocycles. The maximum atomic E-state index is 11.7. The molecule has 1 unspecified atom stereocenters. The molecular weight excluding hydrogens is 270 g/mol. The van der Waals surface area contributed by atoms with Crippen LogP contribution < -0.4 is 4.72 Å². The van der Waals surface area contributed by atoms with Gasteiger partial charge in [0.1, 0.15) is 0 Å². The quantitative estimate of drug-likeness (QED) is 0.805. The zero-order valence-corrected chi connectivity index (χ0v) is 11.2. The highest BCUT2D eigenvalue weighted by atomic mass is 32.2. The number of carbonyl (C=O) groups is 1. The number of nitrogens with one attached hydrogen (secondary N) is 1. The van der Waals surface area contributed by atoms with E-state index in [0.717, 1.165) is 0 Å². The topological polar surface area (TPSA) is 109 Å². The molecule has 0 amide bonds. The SMILES string of the molecule is CCC(C(=O)O)c1ccnc(NS(=O)(=O)C2CC2)n1. The van der Waals surface area contributed by atoms with Gasteiger partial charge in [0, 0.05) is 6.20 Å². The van der Waals surface area contributed by atoms with Gasteiger partial charge in [-0.2, -0.15) is 0 Å². The molecule has 1 saturated carbocycles. The summed E-state index contributed by atoms with van der Waals surface area (Å²) in [4.78, 5) is 18.8. The molecule has 2 N–H and O–H groups in total. The molecule has 1 atom stereocenters. The Hall–Kier alpha value is -1.70. The molecule has 1 aromatic heterocycles. The van der Waals surface area contributed by atoms with Crippen LogP contribution in [0.15, 0.2) is 12.3 Å². The van der Waals surface area contributed by atoms with Crippen LogP contribution in [0.3, 0.4) is 0 Å². The number of carboxylic acid groups (broad SMARTS) is 1. The van der Waals surface area contributed by atoms with E-state index >= 15 is 0 Å². The maximum absolute atomic E-state index is 11.7. The summed E-state index contributed by atoms with van der Waals surface area (Å²) in [6.07, 6.45) is 3.02. The van der Waals surface area contributed by atoms with Crippen LogP contribution in [0.2, 0.25) is 0 Å². The van der Waals surface area contributed by atoms with E-state index in [1.54, 1.807) is 6.92 Å². The van der Waals surface area contributed by atoms with Crippen LogP contribution in [0.1, 0.15) is 37.8 Å². The number of aliphatic carboxylic acids is 1. The Bertz CT molecular complexity index is 583. The van der Waals surface area contributed by atoms with Crippen molar-refractivity contribution < 1.29 is 18.3 Å². The molecule has 8 heteroatoms. The van der Waals surface area contributed by atoms with Gasteiger partial charge in [0.25, 0.3) is 0 Å². The Balaban J connectivity index is 2.21. The largest absolute Gasteiger partial charge is 0.481 e. The summed E-state index contributed by atoms with van der Waals surface area (Å²) in [6, 6.07) is 1.48. The zero-order chi connectivity index (χ0) is 14.0. The van der Waals surface area contributed by atoms with Gasteiger partial charge >= 0.3 is 5.97 Å².